The number of pyridine rings is 1. The van der Waals surface area contributed by atoms with Gasteiger partial charge in [0.1, 0.15) is 17.5 Å². The van der Waals surface area contributed by atoms with Crippen LogP contribution < -0.4 is 10.6 Å². The van der Waals surface area contributed by atoms with Crippen molar-refractivity contribution in [3.8, 4) is 11.8 Å². The molecule has 0 unspecified atom stereocenters. The number of aromatic nitrogens is 4. The lowest BCUT2D eigenvalue weighted by atomic mass is 9.89. The molecule has 2 N–H and O–H groups in total. The van der Waals surface area contributed by atoms with Crippen LogP contribution in [0.25, 0.3) is 5.69 Å². The van der Waals surface area contributed by atoms with Crippen molar-refractivity contribution in [1.29, 1.82) is 5.26 Å². The molecule has 1 saturated carbocycles. The first kappa shape index (κ1) is 25.0. The van der Waals surface area contributed by atoms with Crippen molar-refractivity contribution in [2.45, 2.75) is 64.1 Å². The summed E-state index contributed by atoms with van der Waals surface area (Å²) in [5, 5.41) is 24.9. The van der Waals surface area contributed by atoms with Gasteiger partial charge in [-0.15, -0.1) is 0 Å². The van der Waals surface area contributed by atoms with Gasteiger partial charge in [-0.2, -0.15) is 20.3 Å². The van der Waals surface area contributed by atoms with E-state index in [1.54, 1.807) is 30.5 Å². The van der Waals surface area contributed by atoms with Gasteiger partial charge in [-0.3, -0.25) is 0 Å². The monoisotopic (exact) mass is 488 g/mol. The molecule has 1 amide bonds. The number of benzene rings is 1. The third-order valence-electron chi connectivity index (χ3n) is 6.04. The molecular formula is C26H32N8O2. The maximum Gasteiger partial charge on any atom is 0.410 e. The van der Waals surface area contributed by atoms with Crippen LogP contribution in [0.3, 0.4) is 0 Å². The molecule has 1 fully saturated rings. The second kappa shape index (κ2) is 10.6. The van der Waals surface area contributed by atoms with Crippen LogP contribution in [0.15, 0.2) is 48.9 Å². The fourth-order valence-corrected chi connectivity index (χ4v) is 4.35. The fraction of sp³-hybridized carbons (Fsp3) is 0.423. The fourth-order valence-electron chi connectivity index (χ4n) is 4.35. The van der Waals surface area contributed by atoms with E-state index in [4.69, 9.17) is 4.74 Å². The van der Waals surface area contributed by atoms with Gasteiger partial charge >= 0.3 is 6.09 Å². The van der Waals surface area contributed by atoms with Gasteiger partial charge in [-0.05, 0) is 51.8 Å². The van der Waals surface area contributed by atoms with Crippen molar-refractivity contribution in [2.75, 3.05) is 17.7 Å². The Morgan fingerprint density at radius 1 is 1.19 bits per heavy atom. The van der Waals surface area contributed by atoms with Gasteiger partial charge < -0.3 is 20.3 Å². The predicted octanol–water partition coefficient (Wildman–Crippen LogP) is 4.87. The number of anilines is 3. The van der Waals surface area contributed by atoms with Crippen LogP contribution in [-0.4, -0.2) is 55.7 Å². The summed E-state index contributed by atoms with van der Waals surface area (Å²) >= 11 is 0. The quantitative estimate of drug-likeness (QED) is 0.504. The normalized spacial score (nSPS) is 17.6. The SMILES string of the molecule is CN(C(=O)OC(C)(C)C)[C@H]1CCCC[C@H]1Nc1cc(Nc2cccc(-n3nccn3)c2)ncc1C#N. The maximum atomic E-state index is 12.7. The minimum absolute atomic E-state index is 0.0205. The Balaban J connectivity index is 1.53. The van der Waals surface area contributed by atoms with E-state index in [1.807, 2.05) is 51.1 Å². The molecule has 10 heteroatoms. The summed E-state index contributed by atoms with van der Waals surface area (Å²) in [6.07, 6.45) is 8.28. The van der Waals surface area contributed by atoms with Crippen LogP contribution in [0.4, 0.5) is 22.0 Å². The number of amides is 1. The van der Waals surface area contributed by atoms with Gasteiger partial charge in [-0.1, -0.05) is 18.9 Å². The number of nitrogens with one attached hydrogen (secondary N) is 2. The molecule has 10 nitrogen and oxygen atoms in total. The molecule has 0 aliphatic heterocycles. The Hall–Kier alpha value is -4.13. The Kier molecular flexibility index (Phi) is 7.38. The molecule has 0 spiro atoms. The summed E-state index contributed by atoms with van der Waals surface area (Å²) in [5.41, 5.74) is 2.18. The van der Waals surface area contributed by atoms with Crippen LogP contribution >= 0.6 is 0 Å². The number of carbonyl (C=O) groups excluding carboxylic acids is 1. The Labute approximate surface area is 211 Å². The van der Waals surface area contributed by atoms with Crippen LogP contribution in [-0.2, 0) is 4.74 Å². The largest absolute Gasteiger partial charge is 0.444 e. The van der Waals surface area contributed by atoms with Crippen LogP contribution in [0.2, 0.25) is 0 Å². The number of hydrogen-bond donors (Lipinski definition) is 2. The molecule has 4 rings (SSSR count). The summed E-state index contributed by atoms with van der Waals surface area (Å²) in [5.74, 6) is 0.593. The summed E-state index contributed by atoms with van der Waals surface area (Å²) in [4.78, 5) is 20.4. The minimum Gasteiger partial charge on any atom is -0.444 e. The van der Waals surface area contributed by atoms with E-state index < -0.39 is 5.60 Å². The van der Waals surface area contributed by atoms with Gasteiger partial charge in [0.15, 0.2) is 0 Å². The Morgan fingerprint density at radius 3 is 2.67 bits per heavy atom. The minimum atomic E-state index is -0.562. The lowest BCUT2D eigenvalue weighted by Gasteiger charge is -2.39. The lowest BCUT2D eigenvalue weighted by Crippen LogP contribution is -2.50. The third kappa shape index (κ3) is 6.10. The van der Waals surface area contributed by atoms with Crippen molar-refractivity contribution in [3.63, 3.8) is 0 Å². The number of ether oxygens (including phenoxy) is 1. The van der Waals surface area contributed by atoms with Crippen molar-refractivity contribution in [3.05, 3.63) is 54.5 Å². The van der Waals surface area contributed by atoms with E-state index in [1.165, 1.54) is 4.80 Å². The van der Waals surface area contributed by atoms with Crippen LogP contribution in [0.1, 0.15) is 52.0 Å². The lowest BCUT2D eigenvalue weighted by molar-refractivity contribution is 0.0175. The standard InChI is InChI=1S/C26H32N8O2/c1-26(2,3)36-25(35)33(4)23-11-6-5-10-21(23)32-22-15-24(28-17-18(22)16-27)31-19-8-7-9-20(14-19)34-29-12-13-30-34/h7-9,12-15,17,21,23H,5-6,10-11H2,1-4H3,(H2,28,31,32)/t21-,23+/m1/s1. The van der Waals surface area contributed by atoms with E-state index in [2.05, 4.69) is 31.9 Å². The van der Waals surface area contributed by atoms with Gasteiger partial charge in [0, 0.05) is 31.0 Å². The highest BCUT2D eigenvalue weighted by molar-refractivity contribution is 5.69. The summed E-state index contributed by atoms with van der Waals surface area (Å²) in [7, 11) is 1.78. The Morgan fingerprint density at radius 2 is 1.94 bits per heavy atom. The molecular weight excluding hydrogens is 456 g/mol. The maximum absolute atomic E-state index is 12.7. The summed E-state index contributed by atoms with van der Waals surface area (Å²) in [6, 6.07) is 11.6. The highest BCUT2D eigenvalue weighted by Crippen LogP contribution is 2.29. The molecule has 2 aromatic heterocycles. The predicted molar refractivity (Wildman–Crippen MR) is 137 cm³/mol. The van der Waals surface area contributed by atoms with Gasteiger partial charge in [-0.25, -0.2) is 9.78 Å². The van der Waals surface area contributed by atoms with Crippen molar-refractivity contribution < 1.29 is 9.53 Å². The highest BCUT2D eigenvalue weighted by Gasteiger charge is 2.33. The molecule has 36 heavy (non-hydrogen) atoms. The van der Waals surface area contributed by atoms with E-state index in [-0.39, 0.29) is 18.2 Å². The molecule has 3 aromatic rings. The molecule has 188 valence electrons. The number of carbonyl (C=O) groups is 1. The van der Waals surface area contributed by atoms with E-state index in [0.29, 0.717) is 17.1 Å². The molecule has 1 aliphatic carbocycles. The zero-order valence-corrected chi connectivity index (χ0v) is 21.1. The van der Waals surface area contributed by atoms with Crippen molar-refractivity contribution >= 4 is 23.3 Å². The topological polar surface area (TPSA) is 121 Å². The summed E-state index contributed by atoms with van der Waals surface area (Å²) < 4.78 is 5.59. The molecule has 0 radical (unpaired) electrons. The Bertz CT molecular complexity index is 1230. The van der Waals surface area contributed by atoms with Crippen molar-refractivity contribution in [2.24, 2.45) is 0 Å². The van der Waals surface area contributed by atoms with Crippen LogP contribution in [0, 0.1) is 11.3 Å². The van der Waals surface area contributed by atoms with Crippen molar-refractivity contribution in [1.82, 2.24) is 24.9 Å². The first-order valence-electron chi connectivity index (χ1n) is 12.1. The molecule has 2 heterocycles. The number of hydrogen-bond acceptors (Lipinski definition) is 8. The van der Waals surface area contributed by atoms with Gasteiger partial charge in [0.2, 0.25) is 0 Å². The average molecular weight is 489 g/mol. The van der Waals surface area contributed by atoms with E-state index >= 15 is 0 Å². The number of nitriles is 1. The molecule has 0 bridgehead atoms. The molecule has 2 atom stereocenters. The van der Waals surface area contributed by atoms with E-state index in [9.17, 15) is 10.1 Å². The third-order valence-corrected chi connectivity index (χ3v) is 6.04. The summed E-state index contributed by atoms with van der Waals surface area (Å²) in [6.45, 7) is 5.59. The molecule has 1 aliphatic rings. The van der Waals surface area contributed by atoms with Gasteiger partial charge in [0.25, 0.3) is 0 Å². The number of likely N-dealkylation sites (N-methyl/N-ethyl adjacent to an activating group) is 1. The first-order chi connectivity index (χ1) is 17.2. The molecule has 1 aromatic carbocycles. The first-order valence-corrected chi connectivity index (χ1v) is 12.1. The highest BCUT2D eigenvalue weighted by atomic mass is 16.6. The second-order valence-corrected chi connectivity index (χ2v) is 9.91. The second-order valence-electron chi connectivity index (χ2n) is 9.91. The number of rotatable bonds is 6. The van der Waals surface area contributed by atoms with Gasteiger partial charge in [0.05, 0.1) is 35.4 Å². The molecule has 0 saturated heterocycles. The average Bonchev–Trinajstić information content (AvgIpc) is 3.39. The van der Waals surface area contributed by atoms with E-state index in [0.717, 1.165) is 37.1 Å². The zero-order chi connectivity index (χ0) is 25.7. The van der Waals surface area contributed by atoms with Crippen LogP contribution in [0.5, 0.6) is 0 Å². The smallest absolute Gasteiger partial charge is 0.410 e. The number of nitrogens with zero attached hydrogens (tertiary/aromatic N) is 6. The zero-order valence-electron chi connectivity index (χ0n) is 21.1.